The maximum Gasteiger partial charge on any atom is 0.123 e. The van der Waals surface area contributed by atoms with E-state index >= 15 is 0 Å². The lowest BCUT2D eigenvalue weighted by molar-refractivity contribution is 0.151. The van der Waals surface area contributed by atoms with Crippen molar-refractivity contribution in [3.63, 3.8) is 0 Å². The Morgan fingerprint density at radius 3 is 2.68 bits per heavy atom. The van der Waals surface area contributed by atoms with Gasteiger partial charge >= 0.3 is 0 Å². The van der Waals surface area contributed by atoms with E-state index < -0.39 is 6.10 Å². The van der Waals surface area contributed by atoms with E-state index in [1.165, 1.54) is 11.1 Å². The van der Waals surface area contributed by atoms with E-state index in [2.05, 4.69) is 55.1 Å². The van der Waals surface area contributed by atoms with Crippen molar-refractivity contribution >= 4 is 0 Å². The summed E-state index contributed by atoms with van der Waals surface area (Å²) in [5.41, 5.74) is 3.56. The molecule has 0 aromatic heterocycles. The van der Waals surface area contributed by atoms with Crippen molar-refractivity contribution in [3.05, 3.63) is 65.2 Å². The molecule has 0 saturated carbocycles. The fourth-order valence-corrected chi connectivity index (χ4v) is 3.38. The summed E-state index contributed by atoms with van der Waals surface area (Å²) >= 11 is 0. The Labute approximate surface area is 151 Å². The number of rotatable bonds is 6. The molecule has 25 heavy (non-hydrogen) atoms. The average Bonchev–Trinajstić information content (AvgIpc) is 2.81. The number of aliphatic hydroxyl groups excluding tert-OH is 1. The minimum absolute atomic E-state index is 0.397. The smallest absolute Gasteiger partial charge is 0.123 e. The Kier molecular flexibility index (Phi) is 6.11. The third-order valence-electron chi connectivity index (χ3n) is 4.78. The van der Waals surface area contributed by atoms with Gasteiger partial charge in [-0.2, -0.15) is 0 Å². The van der Waals surface area contributed by atoms with Crippen LogP contribution in [0.3, 0.4) is 0 Å². The summed E-state index contributed by atoms with van der Waals surface area (Å²) in [4.78, 5) is 2.44. The third-order valence-corrected chi connectivity index (χ3v) is 4.78. The second-order valence-corrected chi connectivity index (χ2v) is 7.37. The summed E-state index contributed by atoms with van der Waals surface area (Å²) in [6.07, 6.45) is 1.44. The Balaban J connectivity index is 1.68. The number of benzene rings is 2. The van der Waals surface area contributed by atoms with Gasteiger partial charge in [0.05, 0.1) is 6.10 Å². The molecule has 1 aliphatic rings. The van der Waals surface area contributed by atoms with E-state index in [1.807, 2.05) is 12.1 Å². The maximum absolute atomic E-state index is 10.4. The monoisotopic (exact) mass is 339 g/mol. The SMILES string of the molecule is CC(C)C[C@H](O)c1ccc2c(c1)CN(CCc1ccccc1)CCO2. The Morgan fingerprint density at radius 1 is 1.12 bits per heavy atom. The zero-order chi connectivity index (χ0) is 17.6. The molecule has 0 unspecified atom stereocenters. The lowest BCUT2D eigenvalue weighted by Gasteiger charge is -2.20. The molecule has 0 saturated heterocycles. The van der Waals surface area contributed by atoms with Gasteiger partial charge in [-0.3, -0.25) is 4.90 Å². The number of hydrogen-bond donors (Lipinski definition) is 1. The largest absolute Gasteiger partial charge is 0.492 e. The van der Waals surface area contributed by atoms with Crippen molar-refractivity contribution in [2.24, 2.45) is 5.92 Å². The summed E-state index contributed by atoms with van der Waals surface area (Å²) < 4.78 is 5.92. The highest BCUT2D eigenvalue weighted by Gasteiger charge is 2.18. The number of nitrogens with zero attached hydrogens (tertiary/aromatic N) is 1. The molecule has 0 fully saturated rings. The van der Waals surface area contributed by atoms with Gasteiger partial charge < -0.3 is 9.84 Å². The fourth-order valence-electron chi connectivity index (χ4n) is 3.38. The maximum atomic E-state index is 10.4. The van der Waals surface area contributed by atoms with Crippen LogP contribution in [0.4, 0.5) is 0 Å². The van der Waals surface area contributed by atoms with Crippen molar-refractivity contribution in [2.45, 2.75) is 39.3 Å². The van der Waals surface area contributed by atoms with Gasteiger partial charge in [-0.25, -0.2) is 0 Å². The van der Waals surface area contributed by atoms with Gasteiger partial charge in [-0.15, -0.1) is 0 Å². The quantitative estimate of drug-likeness (QED) is 0.856. The van der Waals surface area contributed by atoms with Crippen LogP contribution in [0.1, 0.15) is 43.1 Å². The number of ether oxygens (including phenoxy) is 1. The molecule has 1 N–H and O–H groups in total. The summed E-state index contributed by atoms with van der Waals surface area (Å²) in [5, 5.41) is 10.4. The molecule has 2 aromatic carbocycles. The normalized spacial score (nSPS) is 16.2. The third kappa shape index (κ3) is 5.07. The van der Waals surface area contributed by atoms with Crippen molar-refractivity contribution in [1.29, 1.82) is 0 Å². The summed E-state index contributed by atoms with van der Waals surface area (Å²) in [6.45, 7) is 7.83. The summed E-state index contributed by atoms with van der Waals surface area (Å²) in [7, 11) is 0. The van der Waals surface area contributed by atoms with Gasteiger partial charge in [0.25, 0.3) is 0 Å². The molecule has 3 nitrogen and oxygen atoms in total. The molecular weight excluding hydrogens is 310 g/mol. The predicted octanol–water partition coefficient (Wildman–Crippen LogP) is 4.20. The molecule has 0 aliphatic carbocycles. The van der Waals surface area contributed by atoms with Crippen LogP contribution in [0, 0.1) is 5.92 Å². The molecule has 0 radical (unpaired) electrons. The average molecular weight is 339 g/mol. The molecule has 1 aliphatic heterocycles. The van der Waals surface area contributed by atoms with E-state index in [-0.39, 0.29) is 0 Å². The van der Waals surface area contributed by atoms with Crippen LogP contribution in [0.2, 0.25) is 0 Å². The van der Waals surface area contributed by atoms with E-state index in [0.29, 0.717) is 5.92 Å². The van der Waals surface area contributed by atoms with Crippen molar-refractivity contribution in [3.8, 4) is 5.75 Å². The van der Waals surface area contributed by atoms with Gasteiger partial charge in [-0.1, -0.05) is 50.2 Å². The van der Waals surface area contributed by atoms with Crippen LogP contribution in [0.5, 0.6) is 5.75 Å². The molecule has 3 heteroatoms. The first-order chi connectivity index (χ1) is 12.1. The summed E-state index contributed by atoms with van der Waals surface area (Å²) in [5.74, 6) is 1.44. The first kappa shape index (κ1) is 18.0. The molecule has 0 bridgehead atoms. The van der Waals surface area contributed by atoms with Gasteiger partial charge in [-0.05, 0) is 42.0 Å². The highest BCUT2D eigenvalue weighted by atomic mass is 16.5. The van der Waals surface area contributed by atoms with Gasteiger partial charge in [0.15, 0.2) is 0 Å². The second kappa shape index (κ2) is 8.50. The highest BCUT2D eigenvalue weighted by molar-refractivity contribution is 5.38. The Morgan fingerprint density at radius 2 is 1.92 bits per heavy atom. The lowest BCUT2D eigenvalue weighted by atomic mass is 9.97. The number of fused-ring (bicyclic) bond motifs is 1. The second-order valence-electron chi connectivity index (χ2n) is 7.37. The molecule has 1 atom stereocenters. The van der Waals surface area contributed by atoms with Crippen molar-refractivity contribution in [1.82, 2.24) is 4.90 Å². The molecule has 134 valence electrons. The van der Waals surface area contributed by atoms with Crippen LogP contribution in [-0.2, 0) is 13.0 Å². The Hall–Kier alpha value is -1.84. The first-order valence-corrected chi connectivity index (χ1v) is 9.32. The molecule has 0 amide bonds. The summed E-state index contributed by atoms with van der Waals surface area (Å²) in [6, 6.07) is 16.8. The first-order valence-electron chi connectivity index (χ1n) is 9.32. The molecule has 0 spiro atoms. The molecule has 1 heterocycles. The zero-order valence-corrected chi connectivity index (χ0v) is 15.3. The van der Waals surface area contributed by atoms with Crippen LogP contribution in [0.25, 0.3) is 0 Å². The highest BCUT2D eigenvalue weighted by Crippen LogP contribution is 2.29. The van der Waals surface area contributed by atoms with Crippen LogP contribution in [-0.4, -0.2) is 29.7 Å². The fraction of sp³-hybridized carbons (Fsp3) is 0.455. The number of aliphatic hydroxyl groups is 1. The van der Waals surface area contributed by atoms with Crippen LogP contribution >= 0.6 is 0 Å². The number of hydrogen-bond acceptors (Lipinski definition) is 3. The van der Waals surface area contributed by atoms with Crippen LogP contribution in [0.15, 0.2) is 48.5 Å². The van der Waals surface area contributed by atoms with Crippen molar-refractivity contribution < 1.29 is 9.84 Å². The standard InChI is InChI=1S/C22H29NO2/c1-17(2)14-21(24)19-8-9-22-20(15-19)16-23(12-13-25-22)11-10-18-6-4-3-5-7-18/h3-9,15,17,21,24H,10-14,16H2,1-2H3/t21-/m0/s1. The predicted molar refractivity (Wildman–Crippen MR) is 102 cm³/mol. The molecule has 2 aromatic rings. The van der Waals surface area contributed by atoms with Gasteiger partial charge in [0.2, 0.25) is 0 Å². The minimum Gasteiger partial charge on any atom is -0.492 e. The van der Waals surface area contributed by atoms with E-state index in [0.717, 1.165) is 50.4 Å². The topological polar surface area (TPSA) is 32.7 Å². The Bertz CT molecular complexity index is 669. The van der Waals surface area contributed by atoms with Crippen LogP contribution < -0.4 is 4.74 Å². The van der Waals surface area contributed by atoms with Gasteiger partial charge in [0, 0.05) is 25.2 Å². The van der Waals surface area contributed by atoms with E-state index in [1.54, 1.807) is 0 Å². The molecule has 3 rings (SSSR count). The van der Waals surface area contributed by atoms with E-state index in [4.69, 9.17) is 4.74 Å². The molecular formula is C22H29NO2. The van der Waals surface area contributed by atoms with Crippen molar-refractivity contribution in [2.75, 3.05) is 19.7 Å². The zero-order valence-electron chi connectivity index (χ0n) is 15.3. The minimum atomic E-state index is -0.397. The lowest BCUT2D eigenvalue weighted by Crippen LogP contribution is -2.28. The van der Waals surface area contributed by atoms with Gasteiger partial charge in [0.1, 0.15) is 12.4 Å². The van der Waals surface area contributed by atoms with E-state index in [9.17, 15) is 5.11 Å².